The summed E-state index contributed by atoms with van der Waals surface area (Å²) in [6.07, 6.45) is 2.63. The van der Waals surface area contributed by atoms with Gasteiger partial charge in [0, 0.05) is 30.8 Å². The minimum absolute atomic E-state index is 0. The van der Waals surface area contributed by atoms with Crippen molar-refractivity contribution in [2.75, 3.05) is 20.8 Å². The van der Waals surface area contributed by atoms with Crippen LogP contribution in [0.3, 0.4) is 0 Å². The topological polar surface area (TPSA) is 90.7 Å². The molecule has 0 amide bonds. The molecule has 1 aromatic rings. The molecule has 22 heavy (non-hydrogen) atoms. The average Bonchev–Trinajstić information content (AvgIpc) is 2.50. The zero-order chi connectivity index (χ0) is 15.9. The van der Waals surface area contributed by atoms with E-state index in [0.29, 0.717) is 17.9 Å². The molecule has 0 heterocycles. The van der Waals surface area contributed by atoms with Gasteiger partial charge in [0.1, 0.15) is 11.5 Å². The van der Waals surface area contributed by atoms with E-state index in [1.165, 1.54) is 26.4 Å². The highest BCUT2D eigenvalue weighted by Crippen LogP contribution is 2.25. The van der Waals surface area contributed by atoms with Crippen LogP contribution in [-0.4, -0.2) is 35.2 Å². The lowest BCUT2D eigenvalue weighted by Crippen LogP contribution is -2.40. The molecule has 1 unspecified atom stereocenters. The van der Waals surface area contributed by atoms with Gasteiger partial charge in [-0.1, -0.05) is 19.8 Å². The van der Waals surface area contributed by atoms with Gasteiger partial charge >= 0.3 is 0 Å². The van der Waals surface area contributed by atoms with E-state index >= 15 is 0 Å². The van der Waals surface area contributed by atoms with Crippen molar-refractivity contribution >= 4 is 22.4 Å². The molecular formula is C14H25ClN2O4S. The molecule has 0 bridgehead atoms. The third-order valence-corrected chi connectivity index (χ3v) is 4.65. The van der Waals surface area contributed by atoms with E-state index in [9.17, 15) is 8.42 Å². The number of unbranched alkanes of at least 4 members (excludes halogenated alkanes) is 1. The molecule has 0 saturated carbocycles. The normalized spacial score (nSPS) is 12.4. The van der Waals surface area contributed by atoms with Crippen LogP contribution in [0.1, 0.15) is 26.2 Å². The van der Waals surface area contributed by atoms with Crippen LogP contribution in [0.5, 0.6) is 11.5 Å². The van der Waals surface area contributed by atoms with Crippen molar-refractivity contribution in [2.24, 2.45) is 5.73 Å². The zero-order valence-corrected chi connectivity index (χ0v) is 14.8. The molecule has 1 atom stereocenters. The first-order valence-corrected chi connectivity index (χ1v) is 8.40. The number of hydrogen-bond donors (Lipinski definition) is 2. The minimum Gasteiger partial charge on any atom is -0.497 e. The summed E-state index contributed by atoms with van der Waals surface area (Å²) >= 11 is 0. The zero-order valence-electron chi connectivity index (χ0n) is 13.2. The Hall–Kier alpha value is -1.02. The van der Waals surface area contributed by atoms with Crippen LogP contribution in [0.4, 0.5) is 0 Å². The Balaban J connectivity index is 0.00000441. The fourth-order valence-electron chi connectivity index (χ4n) is 1.90. The van der Waals surface area contributed by atoms with Gasteiger partial charge in [-0.3, -0.25) is 0 Å². The maximum Gasteiger partial charge on any atom is 0.241 e. The average molecular weight is 353 g/mol. The summed E-state index contributed by atoms with van der Waals surface area (Å²) < 4.78 is 37.7. The lowest BCUT2D eigenvalue weighted by Gasteiger charge is -2.17. The van der Waals surface area contributed by atoms with Gasteiger partial charge in [0.2, 0.25) is 10.0 Å². The first kappa shape index (κ1) is 21.0. The summed E-state index contributed by atoms with van der Waals surface area (Å²) in [4.78, 5) is 0.105. The van der Waals surface area contributed by atoms with E-state index in [2.05, 4.69) is 11.6 Å². The number of halogens is 1. The van der Waals surface area contributed by atoms with Crippen LogP contribution in [0, 0.1) is 0 Å². The van der Waals surface area contributed by atoms with Crippen molar-refractivity contribution < 1.29 is 17.9 Å². The predicted octanol–water partition coefficient (Wildman–Crippen LogP) is 1.92. The lowest BCUT2D eigenvalue weighted by molar-refractivity contribution is 0.391. The fraction of sp³-hybridized carbons (Fsp3) is 0.571. The number of nitrogens with one attached hydrogen (secondary N) is 1. The van der Waals surface area contributed by atoms with Crippen molar-refractivity contribution in [3.8, 4) is 11.5 Å². The van der Waals surface area contributed by atoms with Crippen molar-refractivity contribution in [1.82, 2.24) is 4.72 Å². The number of benzene rings is 1. The van der Waals surface area contributed by atoms with Crippen molar-refractivity contribution in [3.63, 3.8) is 0 Å². The Morgan fingerprint density at radius 1 is 1.18 bits per heavy atom. The van der Waals surface area contributed by atoms with E-state index in [1.807, 2.05) is 0 Å². The monoisotopic (exact) mass is 352 g/mol. The fourth-order valence-corrected chi connectivity index (χ4v) is 3.23. The molecule has 128 valence electrons. The molecule has 0 aromatic heterocycles. The van der Waals surface area contributed by atoms with E-state index in [4.69, 9.17) is 15.2 Å². The second-order valence-electron chi connectivity index (χ2n) is 4.74. The molecule has 1 rings (SSSR count). The van der Waals surface area contributed by atoms with Gasteiger partial charge in [-0.25, -0.2) is 13.1 Å². The van der Waals surface area contributed by atoms with Crippen LogP contribution in [0.2, 0.25) is 0 Å². The molecule has 1 aromatic carbocycles. The van der Waals surface area contributed by atoms with Gasteiger partial charge in [-0.05, 0) is 6.42 Å². The maximum atomic E-state index is 12.4. The minimum atomic E-state index is -3.66. The number of methoxy groups -OCH3 is 2. The number of nitrogens with two attached hydrogens (primary N) is 1. The van der Waals surface area contributed by atoms with Gasteiger partial charge in [0.25, 0.3) is 0 Å². The Morgan fingerprint density at radius 2 is 1.73 bits per heavy atom. The molecule has 8 heteroatoms. The summed E-state index contributed by atoms with van der Waals surface area (Å²) in [5.41, 5.74) is 5.63. The molecule has 0 fully saturated rings. The van der Waals surface area contributed by atoms with Crippen LogP contribution in [-0.2, 0) is 10.0 Å². The maximum absolute atomic E-state index is 12.4. The number of hydrogen-bond acceptors (Lipinski definition) is 5. The first-order chi connectivity index (χ1) is 9.96. The highest BCUT2D eigenvalue weighted by Gasteiger charge is 2.20. The van der Waals surface area contributed by atoms with Crippen LogP contribution in [0.15, 0.2) is 23.1 Å². The highest BCUT2D eigenvalue weighted by molar-refractivity contribution is 7.89. The SMILES string of the molecule is CCCCC(CN)NS(=O)(=O)c1cc(OC)cc(OC)c1.Cl. The molecule has 0 aliphatic heterocycles. The molecule has 6 nitrogen and oxygen atoms in total. The van der Waals surface area contributed by atoms with Crippen molar-refractivity contribution in [1.29, 1.82) is 0 Å². The highest BCUT2D eigenvalue weighted by atomic mass is 35.5. The third-order valence-electron chi connectivity index (χ3n) is 3.15. The summed E-state index contributed by atoms with van der Waals surface area (Å²) in [5.74, 6) is 0.847. The summed E-state index contributed by atoms with van der Waals surface area (Å²) in [6, 6.07) is 4.26. The Bertz CT molecular complexity index is 530. The molecular weight excluding hydrogens is 328 g/mol. The summed E-state index contributed by atoms with van der Waals surface area (Å²) in [5, 5.41) is 0. The second kappa shape index (κ2) is 9.89. The quantitative estimate of drug-likeness (QED) is 0.708. The van der Waals surface area contributed by atoms with E-state index in [0.717, 1.165) is 12.8 Å². The van der Waals surface area contributed by atoms with Crippen molar-refractivity contribution in [3.05, 3.63) is 18.2 Å². The van der Waals surface area contributed by atoms with Crippen LogP contribution in [0.25, 0.3) is 0 Å². The van der Waals surface area contributed by atoms with E-state index in [1.54, 1.807) is 6.07 Å². The number of ether oxygens (including phenoxy) is 2. The number of sulfonamides is 1. The molecule has 0 aliphatic carbocycles. The van der Waals surface area contributed by atoms with Gasteiger partial charge in [0.05, 0.1) is 19.1 Å². The smallest absolute Gasteiger partial charge is 0.241 e. The Labute approximate surface area is 138 Å². The molecule has 0 spiro atoms. The number of rotatable bonds is 9. The standard InChI is InChI=1S/C14H24N2O4S.ClH/c1-4-5-6-11(10-15)16-21(17,18)14-8-12(19-2)7-13(9-14)20-3;/h7-9,11,16H,4-6,10,15H2,1-3H3;1H. The molecule has 0 saturated heterocycles. The van der Waals surface area contributed by atoms with Crippen molar-refractivity contribution in [2.45, 2.75) is 37.1 Å². The second-order valence-corrected chi connectivity index (χ2v) is 6.46. The van der Waals surface area contributed by atoms with Gasteiger partial charge < -0.3 is 15.2 Å². The van der Waals surface area contributed by atoms with Gasteiger partial charge in [-0.2, -0.15) is 0 Å². The van der Waals surface area contributed by atoms with Gasteiger partial charge in [-0.15, -0.1) is 12.4 Å². The van der Waals surface area contributed by atoms with E-state index < -0.39 is 10.0 Å². The molecule has 3 N–H and O–H groups in total. The largest absolute Gasteiger partial charge is 0.497 e. The van der Waals surface area contributed by atoms with Gasteiger partial charge in [0.15, 0.2) is 0 Å². The van der Waals surface area contributed by atoms with Crippen LogP contribution >= 0.6 is 12.4 Å². The summed E-state index contributed by atoms with van der Waals surface area (Å²) in [6.45, 7) is 2.31. The summed E-state index contributed by atoms with van der Waals surface area (Å²) in [7, 11) is -0.708. The lowest BCUT2D eigenvalue weighted by atomic mass is 10.1. The van der Waals surface area contributed by atoms with E-state index in [-0.39, 0.29) is 29.9 Å². The first-order valence-electron chi connectivity index (χ1n) is 6.92. The Morgan fingerprint density at radius 3 is 2.14 bits per heavy atom. The Kier molecular flexibility index (Phi) is 9.43. The molecule has 0 aliphatic rings. The molecule has 0 radical (unpaired) electrons. The third kappa shape index (κ3) is 6.00. The van der Waals surface area contributed by atoms with Crippen LogP contribution < -0.4 is 19.9 Å². The predicted molar refractivity (Wildman–Crippen MR) is 89.5 cm³/mol.